The fraction of sp³-hybridized carbons (Fsp3) is 0.167. The van der Waals surface area contributed by atoms with Crippen molar-refractivity contribution in [2.24, 2.45) is 0 Å². The summed E-state index contributed by atoms with van der Waals surface area (Å²) in [5.74, 6) is -0.363. The van der Waals surface area contributed by atoms with Crippen LogP contribution in [0.4, 0.5) is 0 Å². The second kappa shape index (κ2) is 7.72. The van der Waals surface area contributed by atoms with Gasteiger partial charge in [0, 0.05) is 16.3 Å². The molecule has 0 bridgehead atoms. The van der Waals surface area contributed by atoms with Crippen molar-refractivity contribution in [1.82, 2.24) is 4.57 Å². The van der Waals surface area contributed by atoms with Gasteiger partial charge in [0.15, 0.2) is 5.43 Å². The Morgan fingerprint density at radius 3 is 2.48 bits per heavy atom. The number of hydrogen-bond acceptors (Lipinski definition) is 3. The van der Waals surface area contributed by atoms with Gasteiger partial charge < -0.3 is 9.30 Å². The lowest BCUT2D eigenvalue weighted by atomic mass is 9.96. The molecule has 0 aliphatic rings. The molecule has 0 radical (unpaired) electrons. The Morgan fingerprint density at radius 1 is 1.00 bits per heavy atom. The summed E-state index contributed by atoms with van der Waals surface area (Å²) in [5.41, 5.74) is 3.94. The molecule has 0 atom stereocenters. The van der Waals surface area contributed by atoms with E-state index in [9.17, 15) is 9.59 Å². The lowest BCUT2D eigenvalue weighted by Gasteiger charge is -2.19. The van der Waals surface area contributed by atoms with Crippen molar-refractivity contribution >= 4 is 39.4 Å². The van der Waals surface area contributed by atoms with E-state index in [2.05, 4.69) is 0 Å². The minimum atomic E-state index is -0.363. The van der Waals surface area contributed by atoms with Crippen molar-refractivity contribution in [3.8, 4) is 11.1 Å². The maximum absolute atomic E-state index is 13.3. The van der Waals surface area contributed by atoms with Gasteiger partial charge in [0.1, 0.15) is 6.54 Å². The molecule has 3 aromatic carbocycles. The van der Waals surface area contributed by atoms with Gasteiger partial charge in [-0.1, -0.05) is 48.0 Å². The van der Waals surface area contributed by atoms with Crippen LogP contribution in [0.3, 0.4) is 0 Å². The summed E-state index contributed by atoms with van der Waals surface area (Å²) >= 11 is 6.65. The van der Waals surface area contributed by atoms with Crippen molar-refractivity contribution in [2.45, 2.75) is 20.4 Å². The first-order valence-corrected chi connectivity index (χ1v) is 9.86. The van der Waals surface area contributed by atoms with Gasteiger partial charge in [0.25, 0.3) is 0 Å². The molecule has 4 rings (SSSR count). The van der Waals surface area contributed by atoms with E-state index in [1.54, 1.807) is 25.1 Å². The fourth-order valence-corrected chi connectivity index (χ4v) is 4.06. The molecule has 4 nitrogen and oxygen atoms in total. The second-order valence-corrected chi connectivity index (χ2v) is 7.28. The maximum atomic E-state index is 13.3. The molecule has 0 saturated heterocycles. The quantitative estimate of drug-likeness (QED) is 0.340. The van der Waals surface area contributed by atoms with Crippen LogP contribution in [0.25, 0.3) is 32.9 Å². The molecule has 0 spiro atoms. The van der Waals surface area contributed by atoms with E-state index in [1.807, 2.05) is 54.0 Å². The van der Waals surface area contributed by atoms with Crippen LogP contribution in [0.5, 0.6) is 0 Å². The Kier molecular flexibility index (Phi) is 5.12. The first-order valence-electron chi connectivity index (χ1n) is 9.48. The minimum absolute atomic E-state index is 0.00957. The third-order valence-electron chi connectivity index (χ3n) is 5.09. The molecule has 5 heteroatoms. The second-order valence-electron chi connectivity index (χ2n) is 6.87. The number of rotatable bonds is 4. The lowest BCUT2D eigenvalue weighted by molar-refractivity contribution is -0.143. The number of fused-ring (bicyclic) bond motifs is 2. The van der Waals surface area contributed by atoms with Gasteiger partial charge in [0.2, 0.25) is 0 Å². The third-order valence-corrected chi connectivity index (χ3v) is 5.40. The SMILES string of the molecule is CCOC(=O)Cn1c2ccccc2c(=O)c2ccc(Cl)c(-c3ccccc3C)c21. The first kappa shape index (κ1) is 19.2. The standard InChI is InChI=1S/C24H20ClNO3/c1-3-29-21(27)14-26-20-11-7-6-10-17(20)24(28)18-12-13-19(25)22(23(18)26)16-9-5-4-8-15(16)2/h4-13H,3,14H2,1-2H3. The zero-order valence-corrected chi connectivity index (χ0v) is 17.0. The van der Waals surface area contributed by atoms with Crippen LogP contribution in [0.2, 0.25) is 5.02 Å². The number of halogens is 1. The molecule has 1 heterocycles. The van der Waals surface area contributed by atoms with Gasteiger partial charge in [-0.25, -0.2) is 0 Å². The van der Waals surface area contributed by atoms with E-state index in [1.165, 1.54) is 0 Å². The highest BCUT2D eigenvalue weighted by Gasteiger charge is 2.20. The summed E-state index contributed by atoms with van der Waals surface area (Å²) in [6.45, 7) is 4.05. The summed E-state index contributed by atoms with van der Waals surface area (Å²) in [7, 11) is 0. The molecular weight excluding hydrogens is 386 g/mol. The van der Waals surface area contributed by atoms with Crippen LogP contribution in [0.1, 0.15) is 12.5 Å². The van der Waals surface area contributed by atoms with Crippen molar-refractivity contribution in [3.05, 3.63) is 81.5 Å². The van der Waals surface area contributed by atoms with Gasteiger partial charge in [-0.3, -0.25) is 9.59 Å². The number of hydrogen-bond donors (Lipinski definition) is 0. The number of carbonyl (C=O) groups is 1. The number of benzene rings is 3. The van der Waals surface area contributed by atoms with E-state index in [-0.39, 0.29) is 17.9 Å². The number of aryl methyl sites for hydroxylation is 1. The number of carbonyl (C=O) groups excluding carboxylic acids is 1. The van der Waals surface area contributed by atoms with Crippen LogP contribution in [0, 0.1) is 6.92 Å². The molecule has 0 aliphatic heterocycles. The highest BCUT2D eigenvalue weighted by Crippen LogP contribution is 2.37. The van der Waals surface area contributed by atoms with Crippen LogP contribution in [-0.2, 0) is 16.1 Å². The van der Waals surface area contributed by atoms with Gasteiger partial charge in [-0.15, -0.1) is 0 Å². The number of nitrogens with zero attached hydrogens (tertiary/aromatic N) is 1. The smallest absolute Gasteiger partial charge is 0.325 e. The predicted octanol–water partition coefficient (Wildman–Crippen LogP) is 5.35. The normalized spacial score (nSPS) is 11.1. The average molecular weight is 406 g/mol. The molecule has 4 aromatic rings. The largest absolute Gasteiger partial charge is 0.465 e. The summed E-state index contributed by atoms with van der Waals surface area (Å²) in [5, 5.41) is 1.61. The van der Waals surface area contributed by atoms with Crippen LogP contribution >= 0.6 is 11.6 Å². The zero-order valence-electron chi connectivity index (χ0n) is 16.2. The van der Waals surface area contributed by atoms with E-state index < -0.39 is 0 Å². The first-order chi connectivity index (χ1) is 14.0. The molecule has 0 N–H and O–H groups in total. The number of ether oxygens (including phenoxy) is 1. The molecule has 0 aliphatic carbocycles. The number of pyridine rings is 1. The van der Waals surface area contributed by atoms with Crippen molar-refractivity contribution in [2.75, 3.05) is 6.61 Å². The molecule has 0 saturated carbocycles. The van der Waals surface area contributed by atoms with Crippen LogP contribution in [-0.4, -0.2) is 17.1 Å². The molecule has 0 amide bonds. The van der Waals surface area contributed by atoms with E-state index in [4.69, 9.17) is 16.3 Å². The predicted molar refractivity (Wildman–Crippen MR) is 118 cm³/mol. The summed E-state index contributed by atoms with van der Waals surface area (Å²) in [4.78, 5) is 25.7. The Hall–Kier alpha value is -3.11. The monoisotopic (exact) mass is 405 g/mol. The van der Waals surface area contributed by atoms with Gasteiger partial charge in [-0.2, -0.15) is 0 Å². The van der Waals surface area contributed by atoms with Crippen LogP contribution in [0.15, 0.2) is 65.5 Å². The Balaban J connectivity index is 2.20. The average Bonchev–Trinajstić information content (AvgIpc) is 2.72. The van der Waals surface area contributed by atoms with E-state index in [0.717, 1.165) is 16.7 Å². The highest BCUT2D eigenvalue weighted by molar-refractivity contribution is 6.35. The van der Waals surface area contributed by atoms with Crippen LogP contribution < -0.4 is 5.43 Å². The molecule has 1 aromatic heterocycles. The maximum Gasteiger partial charge on any atom is 0.325 e. The van der Waals surface area contributed by atoms with Crippen molar-refractivity contribution in [3.63, 3.8) is 0 Å². The molecule has 0 fully saturated rings. The van der Waals surface area contributed by atoms with E-state index >= 15 is 0 Å². The van der Waals surface area contributed by atoms with Crippen molar-refractivity contribution < 1.29 is 9.53 Å². The van der Waals surface area contributed by atoms with Gasteiger partial charge in [-0.05, 0) is 49.2 Å². The fourth-order valence-electron chi connectivity index (χ4n) is 3.81. The molecule has 146 valence electrons. The minimum Gasteiger partial charge on any atom is -0.465 e. The van der Waals surface area contributed by atoms with Crippen molar-refractivity contribution in [1.29, 1.82) is 0 Å². The Labute approximate surface area is 173 Å². The zero-order chi connectivity index (χ0) is 20.5. The third kappa shape index (κ3) is 3.30. The van der Waals surface area contributed by atoms with Gasteiger partial charge in [0.05, 0.1) is 22.7 Å². The summed E-state index contributed by atoms with van der Waals surface area (Å²) < 4.78 is 7.05. The summed E-state index contributed by atoms with van der Waals surface area (Å²) in [6, 6.07) is 18.6. The molecular formula is C24H20ClNO3. The lowest BCUT2D eigenvalue weighted by Crippen LogP contribution is -2.18. The topological polar surface area (TPSA) is 48.3 Å². The number of aromatic nitrogens is 1. The summed E-state index contributed by atoms with van der Waals surface area (Å²) in [6.07, 6.45) is 0. The molecule has 29 heavy (non-hydrogen) atoms. The van der Waals surface area contributed by atoms with Gasteiger partial charge >= 0.3 is 5.97 Å². The Bertz CT molecular complexity index is 1310. The Morgan fingerprint density at radius 2 is 1.72 bits per heavy atom. The molecule has 0 unspecified atom stereocenters. The number of para-hydroxylation sites is 1. The van der Waals surface area contributed by atoms with E-state index in [0.29, 0.717) is 33.4 Å². The highest BCUT2D eigenvalue weighted by atomic mass is 35.5. The number of esters is 1.